The summed E-state index contributed by atoms with van der Waals surface area (Å²) in [5.74, 6) is -0.679. The van der Waals surface area contributed by atoms with Gasteiger partial charge < -0.3 is 14.4 Å². The molecule has 0 fully saturated rings. The summed E-state index contributed by atoms with van der Waals surface area (Å²) < 4.78 is 18.9. The van der Waals surface area contributed by atoms with Gasteiger partial charge in [-0.1, -0.05) is 31.9 Å². The minimum absolute atomic E-state index is 0.0957. The number of unbranched alkanes of at least 4 members (excludes halogenated alkanes) is 2. The first-order valence-corrected chi connectivity index (χ1v) is 7.25. The van der Waals surface area contributed by atoms with Crippen LogP contribution in [0.3, 0.4) is 0 Å². The summed E-state index contributed by atoms with van der Waals surface area (Å²) in [5, 5.41) is 9.65. The van der Waals surface area contributed by atoms with Gasteiger partial charge in [0.25, 0.3) is 5.91 Å². The first-order chi connectivity index (χ1) is 10.2. The number of halogens is 1. The van der Waals surface area contributed by atoms with E-state index in [1.807, 2.05) is 0 Å². The maximum Gasteiger partial charge on any atom is 0.289 e. The molecule has 1 aromatic carbocycles. The monoisotopic (exact) mass is 293 g/mol. The van der Waals surface area contributed by atoms with Gasteiger partial charge in [-0.2, -0.15) is 0 Å². The molecule has 0 saturated carbocycles. The lowest BCUT2D eigenvalue weighted by Gasteiger charge is -2.20. The van der Waals surface area contributed by atoms with Crippen LogP contribution in [0.2, 0.25) is 0 Å². The van der Waals surface area contributed by atoms with E-state index in [0.717, 1.165) is 19.3 Å². The normalized spacial score (nSPS) is 11.0. The van der Waals surface area contributed by atoms with E-state index < -0.39 is 5.82 Å². The zero-order valence-electron chi connectivity index (χ0n) is 12.1. The molecule has 0 saturated heterocycles. The smallest absolute Gasteiger partial charge is 0.289 e. The number of aliphatic hydroxyl groups excluding tert-OH is 1. The summed E-state index contributed by atoms with van der Waals surface area (Å²) >= 11 is 0. The van der Waals surface area contributed by atoms with Crippen LogP contribution in [-0.2, 0) is 0 Å². The Morgan fingerprint density at radius 2 is 2.14 bits per heavy atom. The number of hydrogen-bond acceptors (Lipinski definition) is 3. The summed E-state index contributed by atoms with van der Waals surface area (Å²) in [6.45, 7) is 2.79. The van der Waals surface area contributed by atoms with Gasteiger partial charge in [-0.25, -0.2) is 4.39 Å². The number of benzene rings is 1. The number of para-hydroxylation sites is 1. The van der Waals surface area contributed by atoms with Gasteiger partial charge in [0, 0.05) is 18.5 Å². The molecular formula is C16H20FNO3. The summed E-state index contributed by atoms with van der Waals surface area (Å²) in [7, 11) is 0. The lowest BCUT2D eigenvalue weighted by atomic mass is 10.2. The van der Waals surface area contributed by atoms with E-state index in [2.05, 4.69) is 6.92 Å². The van der Waals surface area contributed by atoms with Crippen molar-refractivity contribution in [3.8, 4) is 0 Å². The Bertz CT molecular complexity index is 609. The SMILES string of the molecule is CCCCCN(CCO)C(=O)c1cc2cccc(F)c2o1. The van der Waals surface area contributed by atoms with E-state index in [9.17, 15) is 9.18 Å². The molecule has 4 nitrogen and oxygen atoms in total. The van der Waals surface area contributed by atoms with Crippen molar-refractivity contribution < 1.29 is 18.7 Å². The molecule has 0 aliphatic rings. The number of fused-ring (bicyclic) bond motifs is 1. The van der Waals surface area contributed by atoms with Gasteiger partial charge in [0.15, 0.2) is 17.2 Å². The van der Waals surface area contributed by atoms with Crippen LogP contribution in [0, 0.1) is 5.82 Å². The highest BCUT2D eigenvalue weighted by Gasteiger charge is 2.20. The maximum atomic E-state index is 13.6. The molecule has 1 amide bonds. The molecule has 0 spiro atoms. The fourth-order valence-corrected chi connectivity index (χ4v) is 2.28. The Hall–Kier alpha value is -1.88. The van der Waals surface area contributed by atoms with Crippen LogP contribution >= 0.6 is 0 Å². The van der Waals surface area contributed by atoms with Crippen molar-refractivity contribution in [2.75, 3.05) is 19.7 Å². The highest BCUT2D eigenvalue weighted by Crippen LogP contribution is 2.23. The van der Waals surface area contributed by atoms with Crippen molar-refractivity contribution in [1.29, 1.82) is 0 Å². The minimum Gasteiger partial charge on any atom is -0.448 e. The fourth-order valence-electron chi connectivity index (χ4n) is 2.28. The molecule has 1 N–H and O–H groups in total. The summed E-state index contributed by atoms with van der Waals surface area (Å²) in [6, 6.07) is 6.12. The minimum atomic E-state index is -0.480. The maximum absolute atomic E-state index is 13.6. The largest absolute Gasteiger partial charge is 0.448 e. The van der Waals surface area contributed by atoms with Crippen molar-refractivity contribution in [2.45, 2.75) is 26.2 Å². The Labute approximate surface area is 123 Å². The van der Waals surface area contributed by atoms with Gasteiger partial charge in [0.05, 0.1) is 6.61 Å². The lowest BCUT2D eigenvalue weighted by Crippen LogP contribution is -2.34. The van der Waals surface area contributed by atoms with E-state index in [1.165, 1.54) is 6.07 Å². The van der Waals surface area contributed by atoms with E-state index in [4.69, 9.17) is 9.52 Å². The fraction of sp³-hybridized carbons (Fsp3) is 0.438. The number of carbonyl (C=O) groups is 1. The highest BCUT2D eigenvalue weighted by molar-refractivity contribution is 5.96. The van der Waals surface area contributed by atoms with Crippen LogP contribution in [0.5, 0.6) is 0 Å². The highest BCUT2D eigenvalue weighted by atomic mass is 19.1. The van der Waals surface area contributed by atoms with Crippen LogP contribution in [-0.4, -0.2) is 35.6 Å². The number of rotatable bonds is 7. The van der Waals surface area contributed by atoms with Crippen LogP contribution in [0.15, 0.2) is 28.7 Å². The van der Waals surface area contributed by atoms with Crippen molar-refractivity contribution in [3.05, 3.63) is 35.8 Å². The lowest BCUT2D eigenvalue weighted by molar-refractivity contribution is 0.0689. The second kappa shape index (κ2) is 7.22. The number of amides is 1. The van der Waals surface area contributed by atoms with E-state index >= 15 is 0 Å². The zero-order chi connectivity index (χ0) is 15.2. The molecule has 0 radical (unpaired) electrons. The van der Waals surface area contributed by atoms with Crippen LogP contribution in [0.1, 0.15) is 36.7 Å². The molecule has 0 aliphatic carbocycles. The Balaban J connectivity index is 2.19. The van der Waals surface area contributed by atoms with E-state index in [-0.39, 0.29) is 30.4 Å². The second-order valence-corrected chi connectivity index (χ2v) is 4.99. The van der Waals surface area contributed by atoms with E-state index in [0.29, 0.717) is 11.9 Å². The molecule has 2 aromatic rings. The molecule has 0 unspecified atom stereocenters. The van der Waals surface area contributed by atoms with Gasteiger partial charge in [0.2, 0.25) is 0 Å². The third-order valence-corrected chi connectivity index (χ3v) is 3.40. The van der Waals surface area contributed by atoms with Gasteiger partial charge >= 0.3 is 0 Å². The average Bonchev–Trinajstić information content (AvgIpc) is 2.91. The topological polar surface area (TPSA) is 53.7 Å². The van der Waals surface area contributed by atoms with Crippen LogP contribution in [0.25, 0.3) is 11.0 Å². The number of furan rings is 1. The summed E-state index contributed by atoms with van der Waals surface area (Å²) in [6.07, 6.45) is 2.94. The average molecular weight is 293 g/mol. The number of nitrogens with zero attached hydrogens (tertiary/aromatic N) is 1. The van der Waals surface area contributed by atoms with Gasteiger partial charge in [-0.05, 0) is 18.6 Å². The molecule has 0 atom stereocenters. The number of aliphatic hydroxyl groups is 1. The van der Waals surface area contributed by atoms with Crippen molar-refractivity contribution in [3.63, 3.8) is 0 Å². The molecular weight excluding hydrogens is 273 g/mol. The molecule has 114 valence electrons. The third kappa shape index (κ3) is 3.61. The molecule has 2 rings (SSSR count). The van der Waals surface area contributed by atoms with Gasteiger partial charge in [-0.3, -0.25) is 4.79 Å². The molecule has 21 heavy (non-hydrogen) atoms. The molecule has 1 aromatic heterocycles. The molecule has 5 heteroatoms. The first kappa shape index (κ1) is 15.5. The quantitative estimate of drug-likeness (QED) is 0.798. The number of hydrogen-bond donors (Lipinski definition) is 1. The predicted octanol–water partition coefficient (Wildman–Crippen LogP) is 3.20. The number of carbonyl (C=O) groups excluding carboxylic acids is 1. The van der Waals surface area contributed by atoms with Gasteiger partial charge in [0.1, 0.15) is 0 Å². The third-order valence-electron chi connectivity index (χ3n) is 3.40. The van der Waals surface area contributed by atoms with Crippen molar-refractivity contribution in [2.24, 2.45) is 0 Å². The Morgan fingerprint density at radius 3 is 2.81 bits per heavy atom. The molecule has 0 bridgehead atoms. The first-order valence-electron chi connectivity index (χ1n) is 7.25. The van der Waals surface area contributed by atoms with Crippen LogP contribution < -0.4 is 0 Å². The molecule has 0 aliphatic heterocycles. The second-order valence-electron chi connectivity index (χ2n) is 4.99. The Kier molecular flexibility index (Phi) is 5.33. The summed E-state index contributed by atoms with van der Waals surface area (Å²) in [5.41, 5.74) is 0.0957. The van der Waals surface area contributed by atoms with Gasteiger partial charge in [-0.15, -0.1) is 0 Å². The van der Waals surface area contributed by atoms with Crippen molar-refractivity contribution >= 4 is 16.9 Å². The van der Waals surface area contributed by atoms with Crippen molar-refractivity contribution in [1.82, 2.24) is 4.90 Å². The van der Waals surface area contributed by atoms with Crippen LogP contribution in [0.4, 0.5) is 4.39 Å². The summed E-state index contributed by atoms with van der Waals surface area (Å²) in [4.78, 5) is 14.0. The standard InChI is InChI=1S/C16H20FNO3/c1-2-3-4-8-18(9-10-19)16(20)14-11-12-6-5-7-13(17)15(12)21-14/h5-7,11,19H,2-4,8-10H2,1H3. The molecule has 1 heterocycles. The van der Waals surface area contributed by atoms with E-state index in [1.54, 1.807) is 23.1 Å². The Morgan fingerprint density at radius 1 is 1.33 bits per heavy atom. The zero-order valence-corrected chi connectivity index (χ0v) is 12.1. The predicted molar refractivity (Wildman–Crippen MR) is 78.7 cm³/mol.